The van der Waals surface area contributed by atoms with Crippen LogP contribution in [0.5, 0.6) is 11.5 Å². The normalized spacial score (nSPS) is 17.1. The van der Waals surface area contributed by atoms with Crippen LogP contribution in [0.25, 0.3) is 5.69 Å². The van der Waals surface area contributed by atoms with Crippen LogP contribution in [0, 0.1) is 10.1 Å². The van der Waals surface area contributed by atoms with Crippen molar-refractivity contribution in [3.63, 3.8) is 0 Å². The summed E-state index contributed by atoms with van der Waals surface area (Å²) in [6.45, 7) is 0. The van der Waals surface area contributed by atoms with Gasteiger partial charge in [0.1, 0.15) is 17.5 Å². The van der Waals surface area contributed by atoms with Gasteiger partial charge in [0.2, 0.25) is 0 Å². The Morgan fingerprint density at radius 1 is 1.03 bits per heavy atom. The number of aromatic nitrogens is 2. The lowest BCUT2D eigenvalue weighted by Gasteiger charge is -2.30. The van der Waals surface area contributed by atoms with E-state index in [0.29, 0.717) is 16.6 Å². The van der Waals surface area contributed by atoms with Crippen LogP contribution in [-0.4, -0.2) is 33.8 Å². The number of thiocarbonyl (C=S) groups is 1. The zero-order valence-electron chi connectivity index (χ0n) is 19.6. The number of hydrogen-bond donors (Lipinski definition) is 1. The minimum Gasteiger partial charge on any atom is -0.497 e. The Labute approximate surface area is 213 Å². The van der Waals surface area contributed by atoms with Gasteiger partial charge in [-0.25, -0.2) is 0 Å². The van der Waals surface area contributed by atoms with E-state index in [0.717, 1.165) is 22.8 Å². The van der Waals surface area contributed by atoms with Crippen LogP contribution in [0.2, 0.25) is 0 Å². The van der Waals surface area contributed by atoms with Gasteiger partial charge in [0.25, 0.3) is 5.69 Å². The van der Waals surface area contributed by atoms with Gasteiger partial charge in [0, 0.05) is 42.0 Å². The van der Waals surface area contributed by atoms with Gasteiger partial charge in [-0.3, -0.25) is 15.1 Å². The van der Waals surface area contributed by atoms with E-state index in [1.807, 2.05) is 64.2 Å². The molecule has 3 heterocycles. The topological polar surface area (TPSA) is 94.7 Å². The van der Waals surface area contributed by atoms with Crippen molar-refractivity contribution in [1.82, 2.24) is 14.9 Å². The molecule has 0 saturated carbocycles. The molecule has 0 radical (unpaired) electrons. The van der Waals surface area contributed by atoms with E-state index in [2.05, 4.69) is 10.3 Å². The standard InChI is InChI=1S/C26H23N5O4S/c1-34-19-12-13-23(35-2)22(16-19)30-25(24(28-26(30)36)20-6-3-4-14-27-20)21-7-5-15-29(21)17-8-10-18(11-9-17)31(32)33/h3-16,24-25H,1-2H3,(H,28,36)/t24-,25-/m1/s1. The van der Waals surface area contributed by atoms with Crippen molar-refractivity contribution in [1.29, 1.82) is 0 Å². The zero-order chi connectivity index (χ0) is 25.2. The molecule has 36 heavy (non-hydrogen) atoms. The molecule has 9 nitrogen and oxygen atoms in total. The molecule has 1 fully saturated rings. The quantitative estimate of drug-likeness (QED) is 0.215. The fraction of sp³-hybridized carbons (Fsp3) is 0.154. The largest absolute Gasteiger partial charge is 0.497 e. The van der Waals surface area contributed by atoms with Gasteiger partial charge in [-0.15, -0.1) is 0 Å². The van der Waals surface area contributed by atoms with Crippen LogP contribution in [0.4, 0.5) is 11.4 Å². The molecule has 182 valence electrons. The number of methoxy groups -OCH3 is 2. The molecule has 0 bridgehead atoms. The molecule has 1 aliphatic rings. The van der Waals surface area contributed by atoms with E-state index in [1.54, 1.807) is 32.5 Å². The number of ether oxygens (including phenoxy) is 2. The molecule has 0 unspecified atom stereocenters. The number of hydrogen-bond acceptors (Lipinski definition) is 6. The lowest BCUT2D eigenvalue weighted by molar-refractivity contribution is -0.384. The second-order valence-electron chi connectivity index (χ2n) is 8.11. The number of anilines is 1. The molecule has 2 aromatic carbocycles. The van der Waals surface area contributed by atoms with E-state index in [4.69, 9.17) is 21.7 Å². The Morgan fingerprint density at radius 2 is 1.83 bits per heavy atom. The molecule has 10 heteroatoms. The summed E-state index contributed by atoms with van der Waals surface area (Å²) in [5.41, 5.74) is 3.30. The van der Waals surface area contributed by atoms with E-state index >= 15 is 0 Å². The molecular weight excluding hydrogens is 478 g/mol. The Bertz CT molecular complexity index is 1410. The minimum absolute atomic E-state index is 0.0327. The average Bonchev–Trinajstić information content (AvgIpc) is 3.53. The van der Waals surface area contributed by atoms with Crippen molar-refractivity contribution in [2.75, 3.05) is 19.1 Å². The monoisotopic (exact) mass is 501 g/mol. The van der Waals surface area contributed by atoms with Gasteiger partial charge in [0.15, 0.2) is 5.11 Å². The van der Waals surface area contributed by atoms with Gasteiger partial charge >= 0.3 is 0 Å². The maximum atomic E-state index is 11.2. The lowest BCUT2D eigenvalue weighted by Crippen LogP contribution is -2.30. The third kappa shape index (κ3) is 4.11. The molecule has 5 rings (SSSR count). The first-order valence-corrected chi connectivity index (χ1v) is 11.6. The van der Waals surface area contributed by atoms with Crippen LogP contribution in [-0.2, 0) is 0 Å². The summed E-state index contributed by atoms with van der Waals surface area (Å²) in [5, 5.41) is 15.1. The number of nitro benzene ring substituents is 1. The van der Waals surface area contributed by atoms with E-state index in [9.17, 15) is 10.1 Å². The first-order valence-electron chi connectivity index (χ1n) is 11.2. The second kappa shape index (κ2) is 9.67. The number of benzene rings is 2. The van der Waals surface area contributed by atoms with Crippen molar-refractivity contribution in [3.8, 4) is 17.2 Å². The van der Waals surface area contributed by atoms with E-state index < -0.39 is 4.92 Å². The molecule has 1 N–H and O–H groups in total. The maximum Gasteiger partial charge on any atom is 0.269 e. The minimum atomic E-state index is -0.409. The summed E-state index contributed by atoms with van der Waals surface area (Å²) in [7, 11) is 3.22. The lowest BCUT2D eigenvalue weighted by atomic mass is 10.0. The summed E-state index contributed by atoms with van der Waals surface area (Å²) in [5.74, 6) is 1.31. The maximum absolute atomic E-state index is 11.2. The van der Waals surface area contributed by atoms with Crippen LogP contribution in [0.1, 0.15) is 23.5 Å². The van der Waals surface area contributed by atoms with Crippen molar-refractivity contribution in [2.45, 2.75) is 12.1 Å². The SMILES string of the molecule is COc1ccc(OC)c(N2C(=S)N[C@H](c3ccccn3)[C@H]2c2cccn2-c2ccc([N+](=O)[O-])cc2)c1. The molecule has 0 aliphatic carbocycles. The van der Waals surface area contributed by atoms with E-state index in [-0.39, 0.29) is 17.8 Å². The van der Waals surface area contributed by atoms with Gasteiger partial charge < -0.3 is 24.3 Å². The summed E-state index contributed by atoms with van der Waals surface area (Å²) in [6, 6.07) is 21.1. The molecule has 0 spiro atoms. The Hall–Kier alpha value is -4.44. The molecule has 1 saturated heterocycles. The number of nitro groups is 1. The Morgan fingerprint density at radius 3 is 2.50 bits per heavy atom. The Balaban J connectivity index is 1.68. The van der Waals surface area contributed by atoms with Gasteiger partial charge in [-0.2, -0.15) is 0 Å². The zero-order valence-corrected chi connectivity index (χ0v) is 20.4. The number of nitrogens with zero attached hydrogens (tertiary/aromatic N) is 4. The third-order valence-corrected chi connectivity index (χ3v) is 6.48. The predicted octanol–water partition coefficient (Wildman–Crippen LogP) is 4.97. The fourth-order valence-corrected chi connectivity index (χ4v) is 4.84. The van der Waals surface area contributed by atoms with Crippen molar-refractivity contribution < 1.29 is 14.4 Å². The summed E-state index contributed by atoms with van der Waals surface area (Å²) >= 11 is 5.85. The highest BCUT2D eigenvalue weighted by atomic mass is 32.1. The summed E-state index contributed by atoms with van der Waals surface area (Å²) in [4.78, 5) is 17.4. The third-order valence-electron chi connectivity index (χ3n) is 6.17. The molecular formula is C26H23N5O4S. The second-order valence-corrected chi connectivity index (χ2v) is 8.50. The van der Waals surface area contributed by atoms with Gasteiger partial charge in [0.05, 0.1) is 36.6 Å². The molecule has 2 atom stereocenters. The summed E-state index contributed by atoms with van der Waals surface area (Å²) < 4.78 is 13.2. The highest BCUT2D eigenvalue weighted by molar-refractivity contribution is 7.80. The molecule has 4 aromatic rings. The van der Waals surface area contributed by atoms with Gasteiger partial charge in [-0.05, 0) is 60.7 Å². The van der Waals surface area contributed by atoms with Crippen LogP contribution in [0.15, 0.2) is 85.2 Å². The van der Waals surface area contributed by atoms with Crippen molar-refractivity contribution in [3.05, 3.63) is 107 Å². The highest BCUT2D eigenvalue weighted by Crippen LogP contribution is 2.46. The smallest absolute Gasteiger partial charge is 0.269 e. The number of nitrogens with one attached hydrogen (secondary N) is 1. The summed E-state index contributed by atoms with van der Waals surface area (Å²) in [6.07, 6.45) is 3.68. The number of non-ortho nitro benzene ring substituents is 1. The van der Waals surface area contributed by atoms with E-state index in [1.165, 1.54) is 12.1 Å². The fourth-order valence-electron chi connectivity index (χ4n) is 4.51. The van der Waals surface area contributed by atoms with Crippen LogP contribution in [0.3, 0.4) is 0 Å². The first-order chi connectivity index (χ1) is 17.5. The molecule has 1 aliphatic heterocycles. The Kier molecular flexibility index (Phi) is 6.26. The molecule has 2 aromatic heterocycles. The van der Waals surface area contributed by atoms with Gasteiger partial charge in [-0.1, -0.05) is 6.07 Å². The number of pyridine rings is 1. The average molecular weight is 502 g/mol. The van der Waals surface area contributed by atoms with Crippen molar-refractivity contribution >= 4 is 28.7 Å². The van der Waals surface area contributed by atoms with Crippen LogP contribution < -0.4 is 19.7 Å². The first kappa shape index (κ1) is 23.3. The van der Waals surface area contributed by atoms with Crippen molar-refractivity contribution in [2.24, 2.45) is 0 Å². The van der Waals surface area contributed by atoms with Crippen LogP contribution >= 0.6 is 12.2 Å². The predicted molar refractivity (Wildman–Crippen MR) is 140 cm³/mol. The molecule has 0 amide bonds. The highest BCUT2D eigenvalue weighted by Gasteiger charge is 2.43. The number of rotatable bonds is 7.